The molecule has 0 radical (unpaired) electrons. The van der Waals surface area contributed by atoms with Gasteiger partial charge in [0, 0.05) is 11.0 Å². The average molecular weight is 314 g/mol. The highest BCUT2D eigenvalue weighted by molar-refractivity contribution is 7.80. The van der Waals surface area contributed by atoms with Gasteiger partial charge in [-0.15, -0.1) is 0 Å². The van der Waals surface area contributed by atoms with Crippen molar-refractivity contribution in [1.29, 1.82) is 0 Å². The van der Waals surface area contributed by atoms with Gasteiger partial charge in [0.05, 0.1) is 4.99 Å². The predicted molar refractivity (Wildman–Crippen MR) is 101 cm³/mol. The lowest BCUT2D eigenvalue weighted by atomic mass is 9.61. The van der Waals surface area contributed by atoms with Crippen LogP contribution in [0.2, 0.25) is 0 Å². The van der Waals surface area contributed by atoms with E-state index in [2.05, 4.69) is 88.4 Å². The van der Waals surface area contributed by atoms with Gasteiger partial charge in [0.2, 0.25) is 0 Å². The van der Waals surface area contributed by atoms with Gasteiger partial charge >= 0.3 is 0 Å². The molecule has 0 rings (SSSR count). The Labute approximate surface area is 139 Å². The van der Waals surface area contributed by atoms with Gasteiger partial charge in [0.1, 0.15) is 0 Å². The third-order valence-electron chi connectivity index (χ3n) is 7.10. The molecular formula is C19H39NS. The smallest absolute Gasteiger partial charge is 0.0820 e. The van der Waals surface area contributed by atoms with Crippen LogP contribution in [0, 0.1) is 28.1 Å². The zero-order valence-corrected chi connectivity index (χ0v) is 17.4. The van der Waals surface area contributed by atoms with Crippen LogP contribution in [-0.4, -0.2) is 10.5 Å². The van der Waals surface area contributed by atoms with Crippen LogP contribution in [0.4, 0.5) is 0 Å². The molecule has 1 N–H and O–H groups in total. The molecule has 0 heterocycles. The van der Waals surface area contributed by atoms with E-state index in [4.69, 9.17) is 12.2 Å². The van der Waals surface area contributed by atoms with Gasteiger partial charge in [-0.3, -0.25) is 0 Å². The van der Waals surface area contributed by atoms with Crippen LogP contribution in [0.5, 0.6) is 0 Å². The molecule has 0 aliphatic heterocycles. The van der Waals surface area contributed by atoms with E-state index < -0.39 is 0 Å². The number of rotatable bonds is 6. The van der Waals surface area contributed by atoms with Crippen LogP contribution in [0.25, 0.3) is 0 Å². The minimum Gasteiger partial charge on any atom is -0.374 e. The lowest BCUT2D eigenvalue weighted by Gasteiger charge is -2.51. The second kappa shape index (κ2) is 6.18. The van der Waals surface area contributed by atoms with E-state index in [-0.39, 0.29) is 21.8 Å². The summed E-state index contributed by atoms with van der Waals surface area (Å²) >= 11 is 5.85. The van der Waals surface area contributed by atoms with Crippen molar-refractivity contribution in [2.24, 2.45) is 28.1 Å². The van der Waals surface area contributed by atoms with Gasteiger partial charge in [0.15, 0.2) is 0 Å². The van der Waals surface area contributed by atoms with Crippen molar-refractivity contribution in [1.82, 2.24) is 5.32 Å². The fourth-order valence-corrected chi connectivity index (χ4v) is 2.86. The van der Waals surface area contributed by atoms with E-state index in [9.17, 15) is 0 Å². The highest BCUT2D eigenvalue weighted by atomic mass is 32.1. The first-order valence-electron chi connectivity index (χ1n) is 8.34. The molecule has 0 amide bonds. The Kier molecular flexibility index (Phi) is 6.15. The summed E-state index contributed by atoms with van der Waals surface area (Å²) in [5, 5.41) is 3.71. The van der Waals surface area contributed by atoms with Crippen molar-refractivity contribution in [3.8, 4) is 0 Å². The molecule has 0 fully saturated rings. The van der Waals surface area contributed by atoms with Crippen LogP contribution < -0.4 is 5.32 Å². The molecule has 0 atom stereocenters. The zero-order chi connectivity index (χ0) is 17.4. The summed E-state index contributed by atoms with van der Waals surface area (Å²) in [5.41, 5.74) is 0.230. The first-order valence-corrected chi connectivity index (χ1v) is 8.75. The van der Waals surface area contributed by atoms with Crippen molar-refractivity contribution in [2.75, 3.05) is 0 Å². The lowest BCUT2D eigenvalue weighted by molar-refractivity contribution is 0.0917. The molecule has 0 unspecified atom stereocenters. The number of hydrogen-bond donors (Lipinski definition) is 1. The number of nitrogens with one attached hydrogen (secondary N) is 1. The summed E-state index contributed by atoms with van der Waals surface area (Å²) in [6.07, 6.45) is 0. The number of thiocarbonyl (C=S) groups is 1. The SMILES string of the molecule is CC(C)C(C)(C)C(C)(C)NC(=S)C(C)(C)C(C)(C)C(C)C. The molecule has 0 aliphatic carbocycles. The molecule has 0 aromatic carbocycles. The second-order valence-corrected chi connectivity index (χ2v) is 9.87. The Morgan fingerprint density at radius 3 is 1.33 bits per heavy atom. The zero-order valence-electron chi connectivity index (χ0n) is 16.6. The summed E-state index contributed by atoms with van der Waals surface area (Å²) in [4.78, 5) is 0.986. The van der Waals surface area contributed by atoms with Gasteiger partial charge in [-0.2, -0.15) is 0 Å². The van der Waals surface area contributed by atoms with E-state index in [1.807, 2.05) is 0 Å². The topological polar surface area (TPSA) is 12.0 Å². The first-order chi connectivity index (χ1) is 9.01. The maximum Gasteiger partial charge on any atom is 0.0820 e. The molecule has 0 saturated heterocycles. The van der Waals surface area contributed by atoms with Crippen molar-refractivity contribution < 1.29 is 0 Å². The van der Waals surface area contributed by atoms with Crippen molar-refractivity contribution in [3.63, 3.8) is 0 Å². The van der Waals surface area contributed by atoms with Gasteiger partial charge in [0.25, 0.3) is 0 Å². The Bertz CT molecular complexity index is 373. The van der Waals surface area contributed by atoms with Crippen LogP contribution >= 0.6 is 12.2 Å². The Balaban J connectivity index is 5.40. The van der Waals surface area contributed by atoms with Gasteiger partial charge < -0.3 is 5.32 Å². The summed E-state index contributed by atoms with van der Waals surface area (Å²) in [7, 11) is 0. The van der Waals surface area contributed by atoms with E-state index >= 15 is 0 Å². The van der Waals surface area contributed by atoms with Crippen LogP contribution in [-0.2, 0) is 0 Å². The fraction of sp³-hybridized carbons (Fsp3) is 0.947. The third kappa shape index (κ3) is 3.81. The van der Waals surface area contributed by atoms with Crippen molar-refractivity contribution >= 4 is 17.2 Å². The molecule has 2 heteroatoms. The molecule has 0 spiro atoms. The molecular weight excluding hydrogens is 274 g/mol. The molecule has 0 aliphatic rings. The predicted octanol–water partition coefficient (Wildman–Crippen LogP) is 6.07. The number of hydrogen-bond acceptors (Lipinski definition) is 1. The summed E-state index contributed by atoms with van der Waals surface area (Å²) < 4.78 is 0. The Morgan fingerprint density at radius 1 is 0.714 bits per heavy atom. The third-order valence-corrected chi connectivity index (χ3v) is 7.71. The van der Waals surface area contributed by atoms with Gasteiger partial charge in [-0.25, -0.2) is 0 Å². The highest BCUT2D eigenvalue weighted by Gasteiger charge is 2.46. The van der Waals surface area contributed by atoms with Crippen molar-refractivity contribution in [3.05, 3.63) is 0 Å². The molecule has 0 aromatic rings. The monoisotopic (exact) mass is 313 g/mol. The van der Waals surface area contributed by atoms with Crippen LogP contribution in [0.15, 0.2) is 0 Å². The van der Waals surface area contributed by atoms with Crippen LogP contribution in [0.3, 0.4) is 0 Å². The average Bonchev–Trinajstić information content (AvgIpc) is 2.26. The summed E-state index contributed by atoms with van der Waals surface area (Å²) in [5.74, 6) is 1.16. The molecule has 0 bridgehead atoms. The minimum atomic E-state index is -0.0408. The van der Waals surface area contributed by atoms with E-state index in [1.54, 1.807) is 0 Å². The van der Waals surface area contributed by atoms with Gasteiger partial charge in [-0.1, -0.05) is 81.5 Å². The quantitative estimate of drug-likeness (QED) is 0.597. The van der Waals surface area contributed by atoms with Crippen LogP contribution in [0.1, 0.15) is 83.1 Å². The Morgan fingerprint density at radius 2 is 1.05 bits per heavy atom. The first kappa shape index (κ1) is 20.9. The molecule has 21 heavy (non-hydrogen) atoms. The van der Waals surface area contributed by atoms with E-state index in [0.29, 0.717) is 11.8 Å². The Hall–Kier alpha value is -0.110. The van der Waals surface area contributed by atoms with Gasteiger partial charge in [-0.05, 0) is 36.5 Å². The summed E-state index contributed by atoms with van der Waals surface area (Å²) in [6, 6.07) is 0. The van der Waals surface area contributed by atoms with Crippen molar-refractivity contribution in [2.45, 2.75) is 88.6 Å². The molecule has 0 aromatic heterocycles. The second-order valence-electron chi connectivity index (χ2n) is 9.46. The maximum atomic E-state index is 5.85. The highest BCUT2D eigenvalue weighted by Crippen LogP contribution is 2.46. The maximum absolute atomic E-state index is 5.85. The summed E-state index contributed by atoms with van der Waals surface area (Å²) in [6.45, 7) is 27.6. The normalized spacial score (nSPS) is 14.8. The van der Waals surface area contributed by atoms with E-state index in [1.165, 1.54) is 0 Å². The molecule has 126 valence electrons. The minimum absolute atomic E-state index is 0.0391. The molecule has 0 saturated carbocycles. The molecule has 1 nitrogen and oxygen atoms in total. The lowest BCUT2D eigenvalue weighted by Crippen LogP contribution is -2.60. The van der Waals surface area contributed by atoms with E-state index in [0.717, 1.165) is 4.99 Å². The standard InChI is InChI=1S/C19H39NS/c1-13(2)16(5,6)18(9,10)15(21)20-19(11,12)17(7,8)14(3)4/h13-14H,1-12H3,(H,20,21). The fourth-order valence-electron chi connectivity index (χ4n) is 2.34. The largest absolute Gasteiger partial charge is 0.374 e.